The van der Waals surface area contributed by atoms with Gasteiger partial charge in [0.15, 0.2) is 11.5 Å². The van der Waals surface area contributed by atoms with E-state index in [1.165, 1.54) is 5.56 Å². The van der Waals surface area contributed by atoms with Crippen LogP contribution in [-0.2, 0) is 11.8 Å². The zero-order valence-electron chi connectivity index (χ0n) is 17.8. The van der Waals surface area contributed by atoms with Gasteiger partial charge in [0.05, 0.1) is 16.1 Å². The predicted octanol–water partition coefficient (Wildman–Crippen LogP) is 4.41. The van der Waals surface area contributed by atoms with Gasteiger partial charge < -0.3 is 20.1 Å². The number of rotatable bonds is 3. The Balaban J connectivity index is 1.51. The number of hydrogen-bond donors (Lipinski definition) is 2. The lowest BCUT2D eigenvalue weighted by molar-refractivity contribution is -0.0165. The molecule has 7 heteroatoms. The summed E-state index contributed by atoms with van der Waals surface area (Å²) in [4.78, 5) is 15.4. The third-order valence-electron chi connectivity index (χ3n) is 7.70. The minimum Gasteiger partial charge on any atom is -0.504 e. The van der Waals surface area contributed by atoms with Gasteiger partial charge in [-0.05, 0) is 69.1 Å². The SMILES string of the molecule is CC(NC(=O)c1ccc(Cl)c(Cl)c1)C1Oc2c(O)ccc3c2C12CCN(C)C(C3)C2C. The first kappa shape index (κ1) is 20.9. The number of carbonyl (C=O) groups excluding carboxylic acids is 1. The summed E-state index contributed by atoms with van der Waals surface area (Å²) in [5.74, 6) is 0.872. The number of aromatic hydroxyl groups is 1. The molecule has 3 aliphatic rings. The van der Waals surface area contributed by atoms with Crippen molar-refractivity contribution in [2.75, 3.05) is 13.6 Å². The third-order valence-corrected chi connectivity index (χ3v) is 8.44. The van der Waals surface area contributed by atoms with Crippen molar-refractivity contribution in [1.82, 2.24) is 10.2 Å². The van der Waals surface area contributed by atoms with Crippen molar-refractivity contribution >= 4 is 29.1 Å². The van der Waals surface area contributed by atoms with E-state index in [-0.39, 0.29) is 29.2 Å². The summed E-state index contributed by atoms with van der Waals surface area (Å²) in [7, 11) is 2.18. The molecule has 1 spiro atoms. The minimum atomic E-state index is -0.272. The van der Waals surface area contributed by atoms with Crippen LogP contribution in [0, 0.1) is 5.92 Å². The van der Waals surface area contributed by atoms with Crippen LogP contribution in [0.25, 0.3) is 0 Å². The molecule has 0 saturated carbocycles. The standard InChI is InChI=1S/C24H26Cl2N2O3/c1-12-18-11-14-5-7-19(29)21-20(14)24(12,8-9-28(18)3)22(31-21)13(2)27-23(30)15-4-6-16(25)17(26)10-15/h4-7,10,12-13,18,22,29H,8-9,11H2,1-3H3,(H,27,30). The molecule has 2 heterocycles. The molecule has 2 bridgehead atoms. The predicted molar refractivity (Wildman–Crippen MR) is 121 cm³/mol. The van der Waals surface area contributed by atoms with Crippen LogP contribution >= 0.6 is 23.2 Å². The fraction of sp³-hybridized carbons (Fsp3) is 0.458. The van der Waals surface area contributed by atoms with E-state index < -0.39 is 0 Å². The fourth-order valence-corrected chi connectivity index (χ4v) is 6.43. The van der Waals surface area contributed by atoms with E-state index in [0.29, 0.717) is 33.3 Å². The molecule has 0 aromatic heterocycles. The number of nitrogens with zero attached hydrogens (tertiary/aromatic N) is 1. The zero-order chi connectivity index (χ0) is 22.1. The summed E-state index contributed by atoms with van der Waals surface area (Å²) < 4.78 is 6.46. The van der Waals surface area contributed by atoms with Gasteiger partial charge in [0.2, 0.25) is 0 Å². The molecule has 5 atom stereocenters. The number of ether oxygens (including phenoxy) is 1. The van der Waals surface area contributed by atoms with Crippen LogP contribution in [0.3, 0.4) is 0 Å². The molecule has 2 aromatic rings. The van der Waals surface area contributed by atoms with Crippen LogP contribution < -0.4 is 10.1 Å². The van der Waals surface area contributed by atoms with Crippen molar-refractivity contribution in [3.63, 3.8) is 0 Å². The first-order valence-corrected chi connectivity index (χ1v) is 11.5. The van der Waals surface area contributed by atoms with Crippen molar-refractivity contribution in [2.45, 2.75) is 50.3 Å². The Kier molecular flexibility index (Phi) is 4.92. The van der Waals surface area contributed by atoms with E-state index in [2.05, 4.69) is 24.2 Å². The van der Waals surface area contributed by atoms with E-state index in [1.807, 2.05) is 13.0 Å². The molecular weight excluding hydrogens is 435 g/mol. The number of hydrogen-bond acceptors (Lipinski definition) is 4. The maximum absolute atomic E-state index is 13.0. The Labute approximate surface area is 192 Å². The van der Waals surface area contributed by atoms with E-state index in [9.17, 15) is 9.90 Å². The van der Waals surface area contributed by atoms with Crippen LogP contribution in [-0.4, -0.2) is 47.7 Å². The van der Waals surface area contributed by atoms with E-state index in [1.54, 1.807) is 24.3 Å². The van der Waals surface area contributed by atoms with Gasteiger partial charge >= 0.3 is 0 Å². The molecule has 2 aliphatic heterocycles. The second kappa shape index (κ2) is 7.29. The molecule has 0 radical (unpaired) electrons. The van der Waals surface area contributed by atoms with Gasteiger partial charge in [-0.25, -0.2) is 0 Å². The number of piperidine rings is 1. The first-order chi connectivity index (χ1) is 14.7. The highest BCUT2D eigenvalue weighted by atomic mass is 35.5. The Bertz CT molecular complexity index is 1080. The van der Waals surface area contributed by atoms with E-state index >= 15 is 0 Å². The Hall–Kier alpha value is -1.95. The van der Waals surface area contributed by atoms with Gasteiger partial charge in [0.1, 0.15) is 6.10 Å². The largest absolute Gasteiger partial charge is 0.504 e. The van der Waals surface area contributed by atoms with Gasteiger partial charge in [0.25, 0.3) is 5.91 Å². The maximum Gasteiger partial charge on any atom is 0.251 e. The van der Waals surface area contributed by atoms with Crippen LogP contribution in [0.4, 0.5) is 0 Å². The lowest BCUT2D eigenvalue weighted by Gasteiger charge is -2.55. The van der Waals surface area contributed by atoms with Gasteiger partial charge in [-0.15, -0.1) is 0 Å². The summed E-state index contributed by atoms with van der Waals surface area (Å²) >= 11 is 12.1. The molecule has 1 aliphatic carbocycles. The molecule has 1 saturated heterocycles. The van der Waals surface area contributed by atoms with Crippen LogP contribution in [0.15, 0.2) is 30.3 Å². The van der Waals surface area contributed by atoms with Crippen molar-refractivity contribution in [3.8, 4) is 11.5 Å². The number of carbonyl (C=O) groups is 1. The highest BCUT2D eigenvalue weighted by Gasteiger charge is 2.61. The third kappa shape index (κ3) is 2.97. The number of nitrogens with one attached hydrogen (secondary N) is 1. The Morgan fingerprint density at radius 1 is 1.29 bits per heavy atom. The Morgan fingerprint density at radius 3 is 2.81 bits per heavy atom. The average Bonchev–Trinajstić information content (AvgIpc) is 3.09. The summed E-state index contributed by atoms with van der Waals surface area (Å²) in [6.45, 7) is 5.22. The van der Waals surface area contributed by atoms with Crippen molar-refractivity contribution < 1.29 is 14.6 Å². The molecule has 5 unspecified atom stereocenters. The highest BCUT2D eigenvalue weighted by molar-refractivity contribution is 6.42. The van der Waals surface area contributed by atoms with Gasteiger partial charge in [-0.2, -0.15) is 0 Å². The molecule has 31 heavy (non-hydrogen) atoms. The van der Waals surface area contributed by atoms with Crippen molar-refractivity contribution in [3.05, 3.63) is 57.1 Å². The van der Waals surface area contributed by atoms with E-state index in [4.69, 9.17) is 27.9 Å². The van der Waals surface area contributed by atoms with Crippen molar-refractivity contribution in [2.24, 2.45) is 5.92 Å². The Morgan fingerprint density at radius 2 is 2.06 bits per heavy atom. The maximum atomic E-state index is 13.0. The summed E-state index contributed by atoms with van der Waals surface area (Å²) in [6, 6.07) is 8.76. The number of fused-ring (bicyclic) bond motifs is 1. The average molecular weight is 461 g/mol. The summed E-state index contributed by atoms with van der Waals surface area (Å²) in [5.41, 5.74) is 2.59. The van der Waals surface area contributed by atoms with Gasteiger partial charge in [-0.1, -0.05) is 36.2 Å². The van der Waals surface area contributed by atoms with Gasteiger partial charge in [-0.3, -0.25) is 4.79 Å². The number of halogens is 2. The first-order valence-electron chi connectivity index (χ1n) is 10.7. The number of likely N-dealkylation sites (tertiary alicyclic amines) is 1. The normalized spacial score (nSPS) is 29.8. The monoisotopic (exact) mass is 460 g/mol. The number of phenols is 1. The highest BCUT2D eigenvalue weighted by Crippen LogP contribution is 2.60. The number of likely N-dealkylation sites (N-methyl/N-ethyl adjacent to an activating group) is 1. The van der Waals surface area contributed by atoms with Gasteiger partial charge in [0, 0.05) is 22.6 Å². The number of benzene rings is 2. The van der Waals surface area contributed by atoms with E-state index in [0.717, 1.165) is 24.9 Å². The fourth-order valence-electron chi connectivity index (χ4n) is 6.13. The molecule has 2 aromatic carbocycles. The molecule has 5 rings (SSSR count). The quantitative estimate of drug-likeness (QED) is 0.711. The molecule has 5 nitrogen and oxygen atoms in total. The molecule has 1 amide bonds. The second-order valence-electron chi connectivity index (χ2n) is 9.21. The molecule has 164 valence electrons. The smallest absolute Gasteiger partial charge is 0.251 e. The second-order valence-corrected chi connectivity index (χ2v) is 10.0. The molecule has 1 fully saturated rings. The van der Waals surface area contributed by atoms with Crippen LogP contribution in [0.1, 0.15) is 41.8 Å². The number of amides is 1. The zero-order valence-corrected chi connectivity index (χ0v) is 19.3. The summed E-state index contributed by atoms with van der Waals surface area (Å²) in [5, 5.41) is 14.5. The summed E-state index contributed by atoms with van der Waals surface area (Å²) in [6.07, 6.45) is 1.59. The van der Waals surface area contributed by atoms with Crippen LogP contribution in [0.5, 0.6) is 11.5 Å². The molecule has 2 N–H and O–H groups in total. The molecular formula is C24H26Cl2N2O3. The lowest BCUT2D eigenvalue weighted by atomic mass is 9.55. The number of phenolic OH excluding ortho intramolecular Hbond substituents is 1. The topological polar surface area (TPSA) is 61.8 Å². The van der Waals surface area contributed by atoms with Crippen molar-refractivity contribution in [1.29, 1.82) is 0 Å². The lowest BCUT2D eigenvalue weighted by Crippen LogP contribution is -2.64. The van der Waals surface area contributed by atoms with Crippen LogP contribution in [0.2, 0.25) is 10.0 Å². The minimum absolute atomic E-state index is 0.174.